The van der Waals surface area contributed by atoms with Gasteiger partial charge >= 0.3 is 5.97 Å². The van der Waals surface area contributed by atoms with Crippen LogP contribution in [0.4, 0.5) is 0 Å². The first kappa shape index (κ1) is 15.4. The second-order valence-corrected chi connectivity index (χ2v) is 6.21. The molecule has 1 aromatic heterocycles. The molecule has 0 unspecified atom stereocenters. The molecule has 21 heavy (non-hydrogen) atoms. The van der Waals surface area contributed by atoms with Gasteiger partial charge in [-0.1, -0.05) is 29.8 Å². The molecule has 1 aromatic carbocycles. The molecule has 0 saturated carbocycles. The fourth-order valence-corrected chi connectivity index (χ4v) is 2.95. The van der Waals surface area contributed by atoms with Gasteiger partial charge in [-0.2, -0.15) is 0 Å². The van der Waals surface area contributed by atoms with Gasteiger partial charge in [0.1, 0.15) is 0 Å². The number of thiophene rings is 1. The van der Waals surface area contributed by atoms with E-state index in [2.05, 4.69) is 0 Å². The molecule has 0 aliphatic carbocycles. The van der Waals surface area contributed by atoms with E-state index in [1.54, 1.807) is 18.2 Å². The smallest absolute Gasteiger partial charge is 0.372 e. The lowest BCUT2D eigenvalue weighted by molar-refractivity contribution is -0.148. The molecule has 1 N–H and O–H groups in total. The minimum absolute atomic E-state index is 0.338. The van der Waals surface area contributed by atoms with E-state index in [0.29, 0.717) is 16.3 Å². The van der Waals surface area contributed by atoms with Crippen LogP contribution in [0.1, 0.15) is 27.2 Å². The van der Waals surface area contributed by atoms with Crippen LogP contribution in [0.2, 0.25) is 4.34 Å². The summed E-state index contributed by atoms with van der Waals surface area (Å²) in [4.78, 5) is 34.5. The van der Waals surface area contributed by atoms with Crippen LogP contribution >= 0.6 is 22.9 Å². The van der Waals surface area contributed by atoms with Gasteiger partial charge < -0.3 is 5.11 Å². The van der Waals surface area contributed by atoms with Gasteiger partial charge in [0.05, 0.1) is 10.8 Å². The Morgan fingerprint density at radius 3 is 2.52 bits per heavy atom. The Balaban J connectivity index is 2.12. The number of aliphatic carboxylic acids is 1. The highest BCUT2D eigenvalue weighted by Gasteiger charge is 2.17. The van der Waals surface area contributed by atoms with E-state index in [9.17, 15) is 14.4 Å². The minimum atomic E-state index is -1.59. The number of carboxylic acids is 1. The van der Waals surface area contributed by atoms with Gasteiger partial charge in [0.25, 0.3) is 0 Å². The molecule has 1 heterocycles. The highest BCUT2D eigenvalue weighted by atomic mass is 35.5. The molecule has 0 atom stereocenters. The van der Waals surface area contributed by atoms with Crippen LogP contribution in [0.25, 0.3) is 0 Å². The Hall–Kier alpha value is -1.98. The molecule has 0 fully saturated rings. The fraction of sp³-hybridized carbons (Fsp3) is 0.133. The summed E-state index contributed by atoms with van der Waals surface area (Å²) in [7, 11) is 0. The number of benzene rings is 1. The Kier molecular flexibility index (Phi) is 4.88. The predicted molar refractivity (Wildman–Crippen MR) is 80.2 cm³/mol. The first-order valence-electron chi connectivity index (χ1n) is 6.08. The molecule has 0 bridgehead atoms. The number of ketones is 2. The number of halogens is 1. The maximum absolute atomic E-state index is 11.9. The summed E-state index contributed by atoms with van der Waals surface area (Å²) in [6, 6.07) is 10.5. The number of carboxylic acid groups (broad SMARTS) is 1. The lowest BCUT2D eigenvalue weighted by Gasteiger charge is -2.03. The van der Waals surface area contributed by atoms with E-state index >= 15 is 0 Å². The number of carbonyl (C=O) groups is 3. The van der Waals surface area contributed by atoms with Crippen molar-refractivity contribution < 1.29 is 19.5 Å². The molecule has 0 aliphatic heterocycles. The standard InChI is InChI=1S/C15H11ClO4S/c16-14-5-4-11(21-14)7-9-2-1-3-10(6-9)12(17)8-13(18)15(19)20/h1-6H,7-8H2,(H,19,20). The maximum atomic E-state index is 11.9. The maximum Gasteiger partial charge on any atom is 0.372 e. The number of rotatable bonds is 6. The summed E-state index contributed by atoms with van der Waals surface area (Å²) in [5.74, 6) is -3.18. The van der Waals surface area contributed by atoms with Crippen molar-refractivity contribution in [3.8, 4) is 0 Å². The minimum Gasteiger partial charge on any atom is -0.475 e. The first-order chi connectivity index (χ1) is 9.95. The van der Waals surface area contributed by atoms with Gasteiger partial charge in [-0.25, -0.2) is 4.79 Å². The molecule has 0 radical (unpaired) electrons. The molecular formula is C15H11ClO4S. The Morgan fingerprint density at radius 2 is 1.90 bits per heavy atom. The van der Waals surface area contributed by atoms with Crippen LogP contribution in [-0.4, -0.2) is 22.6 Å². The molecule has 0 aliphatic rings. The van der Waals surface area contributed by atoms with Crippen molar-refractivity contribution >= 4 is 40.5 Å². The van der Waals surface area contributed by atoms with Crippen molar-refractivity contribution in [2.75, 3.05) is 0 Å². The Labute approximate surface area is 130 Å². The zero-order chi connectivity index (χ0) is 15.4. The van der Waals surface area contributed by atoms with Crippen LogP contribution in [0, 0.1) is 0 Å². The van der Waals surface area contributed by atoms with Gasteiger partial charge in [-0.3, -0.25) is 9.59 Å². The van der Waals surface area contributed by atoms with E-state index < -0.39 is 24.0 Å². The summed E-state index contributed by atoms with van der Waals surface area (Å²) in [5, 5.41) is 8.52. The molecule has 108 valence electrons. The second kappa shape index (κ2) is 6.65. The SMILES string of the molecule is O=C(O)C(=O)CC(=O)c1cccc(Cc2ccc(Cl)s2)c1. The first-order valence-corrected chi connectivity index (χ1v) is 7.27. The molecule has 0 spiro atoms. The molecule has 4 nitrogen and oxygen atoms in total. The summed E-state index contributed by atoms with van der Waals surface area (Å²) in [5.41, 5.74) is 1.24. The normalized spacial score (nSPS) is 10.3. The van der Waals surface area contributed by atoms with Crippen molar-refractivity contribution in [1.82, 2.24) is 0 Å². The Bertz CT molecular complexity index is 705. The average Bonchev–Trinajstić information content (AvgIpc) is 2.84. The summed E-state index contributed by atoms with van der Waals surface area (Å²) < 4.78 is 0.698. The van der Waals surface area contributed by atoms with Crippen molar-refractivity contribution in [2.45, 2.75) is 12.8 Å². The summed E-state index contributed by atoms with van der Waals surface area (Å²) in [6.45, 7) is 0. The monoisotopic (exact) mass is 322 g/mol. The van der Waals surface area contributed by atoms with Gasteiger partial charge in [0.15, 0.2) is 5.78 Å². The van der Waals surface area contributed by atoms with Crippen LogP contribution in [-0.2, 0) is 16.0 Å². The van der Waals surface area contributed by atoms with E-state index in [-0.39, 0.29) is 0 Å². The third-order valence-corrected chi connectivity index (χ3v) is 4.05. The van der Waals surface area contributed by atoms with Gasteiger partial charge in [-0.05, 0) is 23.8 Å². The van der Waals surface area contributed by atoms with Crippen LogP contribution in [0.15, 0.2) is 36.4 Å². The lowest BCUT2D eigenvalue weighted by Crippen LogP contribution is -2.17. The summed E-state index contributed by atoms with van der Waals surface area (Å²) >= 11 is 7.33. The van der Waals surface area contributed by atoms with Crippen LogP contribution < -0.4 is 0 Å². The van der Waals surface area contributed by atoms with E-state index in [1.807, 2.05) is 18.2 Å². The molecular weight excluding hydrogens is 312 g/mol. The van der Waals surface area contributed by atoms with E-state index in [4.69, 9.17) is 16.7 Å². The van der Waals surface area contributed by atoms with Gasteiger partial charge in [-0.15, -0.1) is 11.3 Å². The number of hydrogen-bond acceptors (Lipinski definition) is 4. The highest BCUT2D eigenvalue weighted by Crippen LogP contribution is 2.24. The molecule has 0 amide bonds. The third kappa shape index (κ3) is 4.24. The predicted octanol–water partition coefficient (Wildman–Crippen LogP) is 3.22. The second-order valence-electron chi connectivity index (χ2n) is 4.41. The van der Waals surface area contributed by atoms with Crippen molar-refractivity contribution in [3.63, 3.8) is 0 Å². The van der Waals surface area contributed by atoms with Crippen molar-refractivity contribution in [1.29, 1.82) is 0 Å². The zero-order valence-corrected chi connectivity index (χ0v) is 12.4. The van der Waals surface area contributed by atoms with E-state index in [0.717, 1.165) is 10.4 Å². The zero-order valence-electron chi connectivity index (χ0n) is 10.8. The quantitative estimate of drug-likeness (QED) is 0.503. The number of hydrogen-bond donors (Lipinski definition) is 1. The summed E-state index contributed by atoms with van der Waals surface area (Å²) in [6.07, 6.45) is 0.00893. The molecule has 2 aromatic rings. The Morgan fingerprint density at radius 1 is 1.14 bits per heavy atom. The van der Waals surface area contributed by atoms with E-state index in [1.165, 1.54) is 11.3 Å². The topological polar surface area (TPSA) is 71.4 Å². The van der Waals surface area contributed by atoms with Crippen molar-refractivity contribution in [3.05, 3.63) is 56.7 Å². The lowest BCUT2D eigenvalue weighted by atomic mass is 10.0. The molecule has 0 saturated heterocycles. The third-order valence-electron chi connectivity index (χ3n) is 2.82. The van der Waals surface area contributed by atoms with Gasteiger partial charge in [0, 0.05) is 16.9 Å². The molecule has 2 rings (SSSR count). The highest BCUT2D eigenvalue weighted by molar-refractivity contribution is 7.16. The number of carbonyl (C=O) groups excluding carboxylic acids is 2. The fourth-order valence-electron chi connectivity index (χ4n) is 1.83. The van der Waals surface area contributed by atoms with Crippen LogP contribution in [0.5, 0.6) is 0 Å². The number of Topliss-reactive ketones (excluding diaryl/α,β-unsaturated/α-hetero) is 2. The van der Waals surface area contributed by atoms with Crippen LogP contribution in [0.3, 0.4) is 0 Å². The largest absolute Gasteiger partial charge is 0.475 e. The van der Waals surface area contributed by atoms with Crippen molar-refractivity contribution in [2.24, 2.45) is 0 Å². The average molecular weight is 323 g/mol. The molecule has 6 heteroatoms. The van der Waals surface area contributed by atoms with Gasteiger partial charge in [0.2, 0.25) is 5.78 Å².